The molecule has 5 N–H and O–H groups in total. The molecule has 0 aromatic carbocycles. The molecule has 0 spiro atoms. The fourth-order valence-electron chi connectivity index (χ4n) is 11.1. The molecule has 2 saturated heterocycles. The number of aromatic amines is 1. The predicted molar refractivity (Wildman–Crippen MR) is 258 cm³/mol. The monoisotopic (exact) mass is 965 g/mol. The number of ketones is 3. The number of allylic oxidation sites excluding steroid dienone is 6. The Hall–Kier alpha value is -4.19. The van der Waals surface area contributed by atoms with Crippen LogP contribution in [0.4, 0.5) is 0 Å². The first kappa shape index (κ1) is 55.7. The Labute approximate surface area is 408 Å². The summed E-state index contributed by atoms with van der Waals surface area (Å²) in [6, 6.07) is -1.16. The highest BCUT2D eigenvalue weighted by atomic mass is 16.6. The lowest BCUT2D eigenvalue weighted by Crippen LogP contribution is -2.61. The number of piperidine rings is 1. The molecule has 1 aromatic heterocycles. The maximum Gasteiger partial charge on any atom is 0.329 e. The van der Waals surface area contributed by atoms with E-state index in [1.54, 1.807) is 47.1 Å². The number of rotatable bonds is 7. The molecule has 3 fully saturated rings. The van der Waals surface area contributed by atoms with Crippen LogP contribution in [-0.2, 0) is 38.2 Å². The number of hydrogen-bond donors (Lipinski definition) is 5. The highest BCUT2D eigenvalue weighted by Gasteiger charge is 2.53. The molecule has 16 heteroatoms. The third-order valence-electron chi connectivity index (χ3n) is 15.6. The van der Waals surface area contributed by atoms with E-state index in [0.717, 1.165) is 24.1 Å². The summed E-state index contributed by atoms with van der Waals surface area (Å²) in [4.78, 5) is 72.2. The maximum absolute atomic E-state index is 14.5. The van der Waals surface area contributed by atoms with Crippen LogP contribution in [0, 0.1) is 47.3 Å². The van der Waals surface area contributed by atoms with Gasteiger partial charge in [-0.3, -0.25) is 19.2 Å². The first-order valence-corrected chi connectivity index (χ1v) is 25.3. The number of ether oxygens (including phenoxy) is 3. The van der Waals surface area contributed by atoms with Gasteiger partial charge in [0.25, 0.3) is 11.7 Å². The summed E-state index contributed by atoms with van der Waals surface area (Å²) in [6.07, 6.45) is 15.0. The third kappa shape index (κ3) is 14.2. The standard InChI is InChI=1S/C53H80N4O12/c1-31-14-10-9-11-15-32(2)46(67-8)26-40-19-17-37(7)53(66,69-40)50(63)51(64)57-21-13-12-16-44(57)52(65)68-47(34(4)24-38-18-20-41(39(25-38)29-58)43-28-54-56-55-43)27-45(60)33(3)23-36(6)49(62)42(30-59)48(61)35(5)22-31/h9-11,14-15,23,28,31,34-42,44,46-47,49,58-59,62,66H,12-13,16-22,24-27,29-30H2,1-8H3,(H,54,55,56)/b11-9?,14-10?,32-15?,33-23+/t31-,34-,35-,36?,37-,38+,39+,40+,41+,42+,44+,46+,47+,49-,53-/m1/s1. The van der Waals surface area contributed by atoms with Gasteiger partial charge in [-0.25, -0.2) is 4.79 Å². The van der Waals surface area contributed by atoms with Crippen molar-refractivity contribution in [3.05, 3.63) is 59.5 Å². The average molecular weight is 965 g/mol. The van der Waals surface area contributed by atoms with Gasteiger partial charge in [-0.05, 0) is 113 Å². The van der Waals surface area contributed by atoms with Gasteiger partial charge in [0.05, 0.1) is 42.7 Å². The zero-order chi connectivity index (χ0) is 50.6. The second-order valence-electron chi connectivity index (χ2n) is 20.8. The molecule has 1 saturated carbocycles. The lowest BCUT2D eigenvalue weighted by molar-refractivity contribution is -0.265. The fraction of sp³-hybridized carbons (Fsp3) is 0.717. The maximum atomic E-state index is 14.5. The van der Waals surface area contributed by atoms with Crippen LogP contribution < -0.4 is 0 Å². The Morgan fingerprint density at radius 3 is 2.38 bits per heavy atom. The summed E-state index contributed by atoms with van der Waals surface area (Å²) in [5.41, 5.74) is 1.95. The number of fused-ring (bicyclic) bond motifs is 3. The Kier molecular flexibility index (Phi) is 20.8. The van der Waals surface area contributed by atoms with E-state index in [4.69, 9.17) is 14.2 Å². The molecule has 3 aliphatic heterocycles. The molecule has 384 valence electrons. The SMILES string of the molecule is CO[C@H]1C[C@@H]2CC[C@@H](C)[C@@](O)(O2)C(=O)C(=O)N2CCCC[C@H]2C(=O)O[C@H]([C@H](C)C[C@@H]2CC[C@H](c3cn[nH]n3)[C@H](CO)C2)CC(=O)/C(C)=C/C(C)[C@@H](O)[C@@H](CO)C(=O)[C@H](C)C[C@H](C)C=CC=CC=C1C. The van der Waals surface area contributed by atoms with E-state index in [2.05, 4.69) is 15.4 Å². The molecule has 5 rings (SSSR count). The second-order valence-corrected chi connectivity index (χ2v) is 20.8. The molecule has 1 amide bonds. The lowest BCUT2D eigenvalue weighted by Gasteiger charge is -2.42. The summed E-state index contributed by atoms with van der Waals surface area (Å²) >= 11 is 0. The number of methoxy groups -OCH3 is 1. The zero-order valence-corrected chi connectivity index (χ0v) is 42.1. The Bertz CT molecular complexity index is 2020. The molecular formula is C53H80N4O12. The summed E-state index contributed by atoms with van der Waals surface area (Å²) in [7, 11) is 1.57. The van der Waals surface area contributed by atoms with Crippen LogP contribution in [0.15, 0.2) is 53.8 Å². The van der Waals surface area contributed by atoms with Gasteiger partial charge in [-0.1, -0.05) is 71.1 Å². The van der Waals surface area contributed by atoms with Crippen LogP contribution in [0.2, 0.25) is 0 Å². The number of nitrogens with one attached hydrogen (secondary N) is 1. The quantitative estimate of drug-likeness (QED) is 0.158. The summed E-state index contributed by atoms with van der Waals surface area (Å²) in [6.45, 7) is 12.0. The Morgan fingerprint density at radius 1 is 0.942 bits per heavy atom. The van der Waals surface area contributed by atoms with Gasteiger partial charge < -0.3 is 39.5 Å². The molecule has 1 aliphatic carbocycles. The highest BCUT2D eigenvalue weighted by Crippen LogP contribution is 2.43. The Morgan fingerprint density at radius 2 is 1.70 bits per heavy atom. The minimum Gasteiger partial charge on any atom is -0.460 e. The van der Waals surface area contributed by atoms with Crippen molar-refractivity contribution >= 4 is 29.2 Å². The first-order chi connectivity index (χ1) is 32.8. The van der Waals surface area contributed by atoms with Gasteiger partial charge in [0.2, 0.25) is 5.79 Å². The molecule has 1 aromatic rings. The predicted octanol–water partition coefficient (Wildman–Crippen LogP) is 5.91. The van der Waals surface area contributed by atoms with E-state index in [0.29, 0.717) is 51.4 Å². The summed E-state index contributed by atoms with van der Waals surface area (Å²) in [5, 5.41) is 55.2. The van der Waals surface area contributed by atoms with Gasteiger partial charge >= 0.3 is 5.97 Å². The first-order valence-electron chi connectivity index (χ1n) is 25.3. The average Bonchev–Trinajstić information content (AvgIpc) is 3.88. The minimum absolute atomic E-state index is 0.00924. The molecule has 1 unspecified atom stereocenters. The van der Waals surface area contributed by atoms with Crippen LogP contribution in [0.3, 0.4) is 0 Å². The zero-order valence-electron chi connectivity index (χ0n) is 42.1. The highest BCUT2D eigenvalue weighted by molar-refractivity contribution is 6.39. The number of hydrogen-bond acceptors (Lipinski definition) is 14. The van der Waals surface area contributed by atoms with Crippen molar-refractivity contribution in [2.24, 2.45) is 47.3 Å². The van der Waals surface area contributed by atoms with E-state index in [-0.39, 0.29) is 72.7 Å². The van der Waals surface area contributed by atoms with Gasteiger partial charge in [-0.2, -0.15) is 15.4 Å². The normalized spacial score (nSPS) is 37.1. The van der Waals surface area contributed by atoms with Gasteiger partial charge in [-0.15, -0.1) is 0 Å². The number of carbonyl (C=O) groups excluding carboxylic acids is 5. The van der Waals surface area contributed by atoms with Crippen LogP contribution in [0.5, 0.6) is 0 Å². The van der Waals surface area contributed by atoms with Crippen molar-refractivity contribution in [3.63, 3.8) is 0 Å². The fourth-order valence-corrected chi connectivity index (χ4v) is 11.1. The molecule has 2 bridgehead atoms. The number of aliphatic hydroxyl groups is 4. The molecule has 0 radical (unpaired) electrons. The van der Waals surface area contributed by atoms with Gasteiger partial charge in [0.15, 0.2) is 5.78 Å². The van der Waals surface area contributed by atoms with Crippen molar-refractivity contribution < 1.29 is 58.6 Å². The number of cyclic esters (lactones) is 1. The number of H-pyrrole nitrogens is 1. The number of Topliss-reactive ketones (excluding diaryl/α,β-unsaturated/α-hetero) is 3. The number of aliphatic hydroxyl groups excluding tert-OH is 3. The van der Waals surface area contributed by atoms with Crippen LogP contribution in [0.1, 0.15) is 137 Å². The van der Waals surface area contributed by atoms with Crippen molar-refractivity contribution in [1.82, 2.24) is 20.3 Å². The van der Waals surface area contributed by atoms with Crippen LogP contribution in [0.25, 0.3) is 0 Å². The number of esters is 1. The number of amides is 1. The van der Waals surface area contributed by atoms with Gasteiger partial charge in [0.1, 0.15) is 17.9 Å². The number of aromatic nitrogens is 3. The summed E-state index contributed by atoms with van der Waals surface area (Å²) < 4.78 is 18.3. The molecule has 4 aliphatic rings. The van der Waals surface area contributed by atoms with E-state index in [1.807, 2.05) is 51.2 Å². The third-order valence-corrected chi connectivity index (χ3v) is 15.6. The molecule has 16 nitrogen and oxygen atoms in total. The largest absolute Gasteiger partial charge is 0.460 e. The number of nitrogens with zero attached hydrogens (tertiary/aromatic N) is 3. The molecule has 4 heterocycles. The topological polar surface area (TPSA) is 239 Å². The molecule has 15 atom stereocenters. The van der Waals surface area contributed by atoms with Crippen molar-refractivity contribution in [2.45, 2.75) is 168 Å². The van der Waals surface area contributed by atoms with E-state index in [1.165, 1.54) is 4.90 Å². The van der Waals surface area contributed by atoms with Crippen molar-refractivity contribution in [1.29, 1.82) is 0 Å². The van der Waals surface area contributed by atoms with E-state index < -0.39 is 84.2 Å². The van der Waals surface area contributed by atoms with E-state index in [9.17, 15) is 44.4 Å². The van der Waals surface area contributed by atoms with Gasteiger partial charge in [0, 0.05) is 56.8 Å². The smallest absolute Gasteiger partial charge is 0.329 e. The molecular weight excluding hydrogens is 885 g/mol. The summed E-state index contributed by atoms with van der Waals surface area (Å²) in [5.74, 6) is -9.31. The van der Waals surface area contributed by atoms with Crippen LogP contribution in [-0.4, -0.2) is 133 Å². The van der Waals surface area contributed by atoms with Crippen LogP contribution >= 0.6 is 0 Å². The van der Waals surface area contributed by atoms with E-state index >= 15 is 0 Å². The lowest BCUT2D eigenvalue weighted by atomic mass is 9.70. The van der Waals surface area contributed by atoms with Crippen molar-refractivity contribution in [2.75, 3.05) is 26.9 Å². The van der Waals surface area contributed by atoms with Crippen molar-refractivity contribution in [3.8, 4) is 0 Å². The second kappa shape index (κ2) is 25.8. The minimum atomic E-state index is -2.44. The number of carbonyl (C=O) groups is 5. The molecule has 69 heavy (non-hydrogen) atoms. The Balaban J connectivity index is 1.46.